The minimum absolute atomic E-state index is 0.387. The maximum absolute atomic E-state index is 5.71. The molecule has 1 aromatic carbocycles. The van der Waals surface area contributed by atoms with Gasteiger partial charge in [-0.1, -0.05) is 19.1 Å². The molecule has 0 bridgehead atoms. The topological polar surface area (TPSA) is 21.3 Å². The molecule has 0 saturated carbocycles. The average Bonchev–Trinajstić information content (AvgIpc) is 2.78. The third-order valence-electron chi connectivity index (χ3n) is 3.79. The average molecular weight is 359 g/mol. The smallest absolute Gasteiger partial charge is 0.0590 e. The number of hydrogen-bond acceptors (Lipinski definition) is 2. The highest BCUT2D eigenvalue weighted by Crippen LogP contribution is 2.26. The highest BCUT2D eigenvalue weighted by Gasteiger charge is 2.31. The molecule has 3 atom stereocenters. The monoisotopic (exact) mass is 359 g/mol. The van der Waals surface area contributed by atoms with E-state index in [2.05, 4.69) is 66.0 Å². The highest BCUT2D eigenvalue weighted by atomic mass is 127. The molecule has 0 amide bonds. The van der Waals surface area contributed by atoms with E-state index in [0.29, 0.717) is 18.1 Å². The van der Waals surface area contributed by atoms with E-state index in [0.717, 1.165) is 19.6 Å². The number of nitrogens with one attached hydrogen (secondary N) is 1. The fourth-order valence-corrected chi connectivity index (χ4v) is 3.15. The van der Waals surface area contributed by atoms with Crippen LogP contribution in [0.3, 0.4) is 0 Å². The molecule has 3 heteroatoms. The van der Waals surface area contributed by atoms with Crippen LogP contribution >= 0.6 is 22.6 Å². The van der Waals surface area contributed by atoms with Crippen molar-refractivity contribution < 1.29 is 4.74 Å². The molecule has 100 valence electrons. The molecule has 1 saturated heterocycles. The summed E-state index contributed by atoms with van der Waals surface area (Å²) in [5.41, 5.74) is 1.42. The van der Waals surface area contributed by atoms with Crippen LogP contribution in [-0.4, -0.2) is 25.3 Å². The molecule has 1 aliphatic rings. The van der Waals surface area contributed by atoms with Crippen molar-refractivity contribution in [3.63, 3.8) is 0 Å². The Morgan fingerprint density at radius 2 is 2.11 bits per heavy atom. The van der Waals surface area contributed by atoms with Gasteiger partial charge in [-0.2, -0.15) is 0 Å². The van der Waals surface area contributed by atoms with Gasteiger partial charge in [-0.25, -0.2) is 0 Å². The van der Waals surface area contributed by atoms with E-state index >= 15 is 0 Å². The lowest BCUT2D eigenvalue weighted by molar-refractivity contribution is 0.0956. The summed E-state index contributed by atoms with van der Waals surface area (Å²) in [5, 5.41) is 3.64. The second kappa shape index (κ2) is 6.87. The van der Waals surface area contributed by atoms with E-state index in [1.807, 2.05) is 0 Å². The SMILES string of the molecule is CCNC(Cc1ccc(I)cc1)C1CCOC1C. The van der Waals surface area contributed by atoms with Crippen LogP contribution in [0.4, 0.5) is 0 Å². The quantitative estimate of drug-likeness (QED) is 0.815. The van der Waals surface area contributed by atoms with Crippen molar-refractivity contribution in [3.05, 3.63) is 33.4 Å². The van der Waals surface area contributed by atoms with Crippen molar-refractivity contribution in [2.24, 2.45) is 5.92 Å². The predicted molar refractivity (Wildman–Crippen MR) is 83.8 cm³/mol. The van der Waals surface area contributed by atoms with Gasteiger partial charge in [0.1, 0.15) is 0 Å². The lowest BCUT2D eigenvalue weighted by atomic mass is 9.89. The van der Waals surface area contributed by atoms with Crippen LogP contribution < -0.4 is 5.32 Å². The van der Waals surface area contributed by atoms with Crippen LogP contribution in [0.15, 0.2) is 24.3 Å². The summed E-state index contributed by atoms with van der Waals surface area (Å²) < 4.78 is 7.01. The fourth-order valence-electron chi connectivity index (χ4n) is 2.79. The first-order valence-corrected chi connectivity index (χ1v) is 7.88. The van der Waals surface area contributed by atoms with E-state index in [1.165, 1.54) is 15.6 Å². The van der Waals surface area contributed by atoms with Gasteiger partial charge in [0, 0.05) is 22.1 Å². The Hall–Kier alpha value is -0.130. The van der Waals surface area contributed by atoms with Crippen molar-refractivity contribution in [2.75, 3.05) is 13.2 Å². The molecule has 0 spiro atoms. The number of benzene rings is 1. The molecule has 1 aromatic rings. The number of ether oxygens (including phenoxy) is 1. The van der Waals surface area contributed by atoms with E-state index in [9.17, 15) is 0 Å². The lowest BCUT2D eigenvalue weighted by Gasteiger charge is -2.26. The van der Waals surface area contributed by atoms with Gasteiger partial charge in [-0.3, -0.25) is 0 Å². The Kier molecular flexibility index (Phi) is 5.45. The molecular weight excluding hydrogens is 337 g/mol. The first kappa shape index (κ1) is 14.3. The minimum Gasteiger partial charge on any atom is -0.378 e. The number of halogens is 1. The molecule has 18 heavy (non-hydrogen) atoms. The number of hydrogen-bond donors (Lipinski definition) is 1. The third kappa shape index (κ3) is 3.68. The van der Waals surface area contributed by atoms with E-state index in [1.54, 1.807) is 0 Å². The molecule has 1 fully saturated rings. The van der Waals surface area contributed by atoms with Crippen LogP contribution in [0.25, 0.3) is 0 Å². The van der Waals surface area contributed by atoms with Crippen LogP contribution in [-0.2, 0) is 11.2 Å². The maximum atomic E-state index is 5.71. The van der Waals surface area contributed by atoms with Crippen molar-refractivity contribution in [2.45, 2.75) is 38.8 Å². The molecule has 0 radical (unpaired) electrons. The zero-order valence-electron chi connectivity index (χ0n) is 11.2. The van der Waals surface area contributed by atoms with Crippen molar-refractivity contribution in [3.8, 4) is 0 Å². The van der Waals surface area contributed by atoms with E-state index in [4.69, 9.17) is 4.74 Å². The molecule has 1 heterocycles. The molecule has 0 aromatic heterocycles. The molecule has 1 N–H and O–H groups in total. The summed E-state index contributed by atoms with van der Waals surface area (Å²) in [6.07, 6.45) is 2.67. The summed E-state index contributed by atoms with van der Waals surface area (Å²) >= 11 is 2.35. The zero-order valence-corrected chi connectivity index (χ0v) is 13.3. The maximum Gasteiger partial charge on any atom is 0.0590 e. The highest BCUT2D eigenvalue weighted by molar-refractivity contribution is 14.1. The van der Waals surface area contributed by atoms with Gasteiger partial charge < -0.3 is 10.1 Å². The standard InChI is InChI=1S/C15H22INO/c1-3-17-15(14-8-9-18-11(14)2)10-12-4-6-13(16)7-5-12/h4-7,11,14-15,17H,3,8-10H2,1-2H3. The lowest BCUT2D eigenvalue weighted by Crippen LogP contribution is -2.40. The molecular formula is C15H22INO. The van der Waals surface area contributed by atoms with Crippen molar-refractivity contribution >= 4 is 22.6 Å². The summed E-state index contributed by atoms with van der Waals surface area (Å²) in [4.78, 5) is 0. The van der Waals surface area contributed by atoms with Crippen molar-refractivity contribution in [1.29, 1.82) is 0 Å². The largest absolute Gasteiger partial charge is 0.378 e. The Morgan fingerprint density at radius 3 is 2.67 bits per heavy atom. The fraction of sp³-hybridized carbons (Fsp3) is 0.600. The van der Waals surface area contributed by atoms with Crippen LogP contribution in [0, 0.1) is 9.49 Å². The summed E-state index contributed by atoms with van der Waals surface area (Å²) in [6.45, 7) is 6.33. The third-order valence-corrected chi connectivity index (χ3v) is 4.51. The second-order valence-corrected chi connectivity index (χ2v) is 6.27. The van der Waals surface area contributed by atoms with Crippen molar-refractivity contribution in [1.82, 2.24) is 5.32 Å². The zero-order chi connectivity index (χ0) is 13.0. The molecule has 2 nitrogen and oxygen atoms in total. The van der Waals surface area contributed by atoms with Gasteiger partial charge in [-0.05, 0) is 66.6 Å². The van der Waals surface area contributed by atoms with Gasteiger partial charge in [-0.15, -0.1) is 0 Å². The Bertz CT molecular complexity index is 365. The number of likely N-dealkylation sites (N-methyl/N-ethyl adjacent to an activating group) is 1. The van der Waals surface area contributed by atoms with Gasteiger partial charge in [0.05, 0.1) is 6.10 Å². The first-order valence-electron chi connectivity index (χ1n) is 6.80. The molecule has 0 aliphatic carbocycles. The van der Waals surface area contributed by atoms with Crippen LogP contribution in [0.1, 0.15) is 25.8 Å². The van der Waals surface area contributed by atoms with Gasteiger partial charge >= 0.3 is 0 Å². The van der Waals surface area contributed by atoms with Crippen LogP contribution in [0.5, 0.6) is 0 Å². The van der Waals surface area contributed by atoms with E-state index < -0.39 is 0 Å². The van der Waals surface area contributed by atoms with Gasteiger partial charge in [0.15, 0.2) is 0 Å². The molecule has 2 rings (SSSR count). The normalized spacial score (nSPS) is 25.3. The Morgan fingerprint density at radius 1 is 1.39 bits per heavy atom. The minimum atomic E-state index is 0.387. The van der Waals surface area contributed by atoms with Crippen LogP contribution in [0.2, 0.25) is 0 Å². The Balaban J connectivity index is 2.03. The second-order valence-electron chi connectivity index (χ2n) is 5.02. The predicted octanol–water partition coefficient (Wildman–Crippen LogP) is 3.24. The Labute approximate surface area is 124 Å². The first-order chi connectivity index (χ1) is 8.70. The summed E-state index contributed by atoms with van der Waals surface area (Å²) in [6, 6.07) is 9.40. The molecule has 3 unspecified atom stereocenters. The van der Waals surface area contributed by atoms with Gasteiger partial charge in [0.2, 0.25) is 0 Å². The summed E-state index contributed by atoms with van der Waals surface area (Å²) in [5.74, 6) is 0.643. The number of rotatable bonds is 5. The van der Waals surface area contributed by atoms with E-state index in [-0.39, 0.29) is 0 Å². The molecule has 1 aliphatic heterocycles. The van der Waals surface area contributed by atoms with Gasteiger partial charge in [0.25, 0.3) is 0 Å². The summed E-state index contributed by atoms with van der Waals surface area (Å²) in [7, 11) is 0.